The minimum absolute atomic E-state index is 0.00918. The van der Waals surface area contributed by atoms with Crippen molar-refractivity contribution in [1.29, 1.82) is 0 Å². The summed E-state index contributed by atoms with van der Waals surface area (Å²) < 4.78 is 7.25. The lowest BCUT2D eigenvalue weighted by atomic mass is 10.1. The van der Waals surface area contributed by atoms with Gasteiger partial charge < -0.3 is 15.0 Å². The SMILES string of the molecule is CCOc1ccc(NC(=O)N2CCN(C(CC)c3nc4ccccc4c(=O)n3CC)CC2)cc1. The second kappa shape index (κ2) is 10.7. The fraction of sp³-hybridized carbons (Fsp3) is 0.423. The van der Waals surface area contributed by atoms with Gasteiger partial charge in [0.25, 0.3) is 5.56 Å². The van der Waals surface area contributed by atoms with Crippen LogP contribution in [0.5, 0.6) is 5.75 Å². The molecule has 0 radical (unpaired) electrons. The average Bonchev–Trinajstić information content (AvgIpc) is 2.86. The Labute approximate surface area is 200 Å². The molecule has 1 aliphatic heterocycles. The maximum atomic E-state index is 13.1. The van der Waals surface area contributed by atoms with E-state index in [0.717, 1.165) is 42.3 Å². The van der Waals surface area contributed by atoms with Gasteiger partial charge in [0.1, 0.15) is 11.6 Å². The fourth-order valence-corrected chi connectivity index (χ4v) is 4.59. The molecule has 180 valence electrons. The van der Waals surface area contributed by atoms with Crippen LogP contribution in [-0.2, 0) is 6.54 Å². The fourth-order valence-electron chi connectivity index (χ4n) is 4.59. The van der Waals surface area contributed by atoms with Gasteiger partial charge in [-0.3, -0.25) is 14.3 Å². The third kappa shape index (κ3) is 4.92. The molecule has 1 unspecified atom stereocenters. The zero-order chi connectivity index (χ0) is 24.1. The summed E-state index contributed by atoms with van der Waals surface area (Å²) in [4.78, 5) is 35.0. The van der Waals surface area contributed by atoms with Crippen LogP contribution in [0.2, 0.25) is 0 Å². The van der Waals surface area contributed by atoms with Crippen LogP contribution in [0.4, 0.5) is 10.5 Å². The van der Waals surface area contributed by atoms with Crippen LogP contribution in [0.1, 0.15) is 39.1 Å². The first-order chi connectivity index (χ1) is 16.5. The summed E-state index contributed by atoms with van der Waals surface area (Å²) in [6.07, 6.45) is 0.836. The molecule has 1 atom stereocenters. The highest BCUT2D eigenvalue weighted by molar-refractivity contribution is 5.89. The Kier molecular flexibility index (Phi) is 7.47. The maximum absolute atomic E-state index is 13.1. The number of hydrogen-bond donors (Lipinski definition) is 1. The Hall–Kier alpha value is -3.39. The second-order valence-electron chi connectivity index (χ2n) is 8.37. The molecule has 34 heavy (non-hydrogen) atoms. The number of aromatic nitrogens is 2. The van der Waals surface area contributed by atoms with Gasteiger partial charge in [-0.2, -0.15) is 0 Å². The van der Waals surface area contributed by atoms with Crippen molar-refractivity contribution >= 4 is 22.6 Å². The van der Waals surface area contributed by atoms with E-state index in [-0.39, 0.29) is 17.6 Å². The first-order valence-corrected chi connectivity index (χ1v) is 12.1. The summed E-state index contributed by atoms with van der Waals surface area (Å²) in [5, 5.41) is 3.62. The van der Waals surface area contributed by atoms with Crippen molar-refractivity contribution in [3.8, 4) is 5.75 Å². The topological polar surface area (TPSA) is 79.7 Å². The lowest BCUT2D eigenvalue weighted by molar-refractivity contribution is 0.105. The van der Waals surface area contributed by atoms with Gasteiger partial charge in [0.15, 0.2) is 0 Å². The normalized spacial score (nSPS) is 15.3. The molecule has 2 aromatic carbocycles. The van der Waals surface area contributed by atoms with Gasteiger partial charge in [-0.15, -0.1) is 0 Å². The summed E-state index contributed by atoms with van der Waals surface area (Å²) in [6, 6.07) is 14.8. The number of hydrogen-bond acceptors (Lipinski definition) is 5. The highest BCUT2D eigenvalue weighted by Crippen LogP contribution is 2.25. The summed E-state index contributed by atoms with van der Waals surface area (Å²) in [5.74, 6) is 1.59. The van der Waals surface area contributed by atoms with Crippen molar-refractivity contribution in [1.82, 2.24) is 19.4 Å². The van der Waals surface area contributed by atoms with Crippen LogP contribution in [0.25, 0.3) is 10.9 Å². The summed E-state index contributed by atoms with van der Waals surface area (Å²) in [7, 11) is 0. The zero-order valence-electron chi connectivity index (χ0n) is 20.2. The van der Waals surface area contributed by atoms with E-state index in [1.165, 1.54) is 0 Å². The van der Waals surface area contributed by atoms with E-state index in [2.05, 4.69) is 17.1 Å². The highest BCUT2D eigenvalue weighted by atomic mass is 16.5. The van der Waals surface area contributed by atoms with Crippen LogP contribution in [-0.4, -0.2) is 58.2 Å². The molecule has 3 aromatic rings. The van der Waals surface area contributed by atoms with Gasteiger partial charge in [-0.05, 0) is 56.7 Å². The molecular formula is C26H33N5O3. The average molecular weight is 464 g/mol. The third-order valence-electron chi connectivity index (χ3n) is 6.35. The first kappa shape index (κ1) is 23.8. The Morgan fingerprint density at radius 1 is 1.03 bits per heavy atom. The van der Waals surface area contributed by atoms with Crippen molar-refractivity contribution in [3.05, 3.63) is 64.7 Å². The Balaban J connectivity index is 1.45. The molecule has 1 N–H and O–H groups in total. The Bertz CT molecular complexity index is 1180. The van der Waals surface area contributed by atoms with E-state index < -0.39 is 0 Å². The molecule has 8 heteroatoms. The van der Waals surface area contributed by atoms with Gasteiger partial charge in [0.2, 0.25) is 0 Å². The summed E-state index contributed by atoms with van der Waals surface area (Å²) >= 11 is 0. The molecule has 1 aromatic heterocycles. The van der Waals surface area contributed by atoms with Crippen LogP contribution in [0.3, 0.4) is 0 Å². The number of para-hydroxylation sites is 1. The number of benzene rings is 2. The molecule has 1 aliphatic rings. The number of nitrogens with one attached hydrogen (secondary N) is 1. The van der Waals surface area contributed by atoms with Crippen LogP contribution < -0.4 is 15.6 Å². The van der Waals surface area contributed by atoms with Gasteiger partial charge in [0, 0.05) is 38.4 Å². The smallest absolute Gasteiger partial charge is 0.321 e. The molecule has 0 spiro atoms. The molecular weight excluding hydrogens is 430 g/mol. The summed E-state index contributed by atoms with van der Waals surface area (Å²) in [5.41, 5.74) is 1.49. The third-order valence-corrected chi connectivity index (χ3v) is 6.35. The molecule has 4 rings (SSSR count). The lowest BCUT2D eigenvalue weighted by Gasteiger charge is -2.39. The zero-order valence-corrected chi connectivity index (χ0v) is 20.2. The summed E-state index contributed by atoms with van der Waals surface area (Å²) in [6.45, 7) is 9.91. The largest absolute Gasteiger partial charge is 0.494 e. The van der Waals surface area contributed by atoms with Gasteiger partial charge in [-0.25, -0.2) is 9.78 Å². The standard InChI is InChI=1S/C26H33N5O3/c1-4-23(24-28-22-10-8-7-9-21(22)25(32)31(24)5-2)29-15-17-30(18-16-29)26(33)27-19-11-13-20(14-12-19)34-6-3/h7-14,23H,4-6,15-18H2,1-3H3,(H,27,33). The van der Waals surface area contributed by atoms with Crippen molar-refractivity contribution in [2.75, 3.05) is 38.1 Å². The van der Waals surface area contributed by atoms with E-state index >= 15 is 0 Å². The lowest BCUT2D eigenvalue weighted by Crippen LogP contribution is -2.51. The van der Waals surface area contributed by atoms with E-state index in [1.54, 1.807) is 4.57 Å². The number of amides is 2. The molecule has 0 aliphatic carbocycles. The second-order valence-corrected chi connectivity index (χ2v) is 8.37. The molecule has 8 nitrogen and oxygen atoms in total. The predicted octanol–water partition coefficient (Wildman–Crippen LogP) is 4.12. The number of nitrogens with zero attached hydrogens (tertiary/aromatic N) is 4. The monoisotopic (exact) mass is 463 g/mol. The minimum atomic E-state index is -0.105. The van der Waals surface area contributed by atoms with Gasteiger partial charge in [0.05, 0.1) is 23.6 Å². The van der Waals surface area contributed by atoms with Gasteiger partial charge >= 0.3 is 6.03 Å². The van der Waals surface area contributed by atoms with Crippen molar-refractivity contribution in [2.45, 2.75) is 39.8 Å². The molecule has 2 heterocycles. The molecule has 0 saturated carbocycles. The number of piperazine rings is 1. The number of carbonyl (C=O) groups is 1. The minimum Gasteiger partial charge on any atom is -0.494 e. The van der Waals surface area contributed by atoms with Crippen molar-refractivity contribution in [2.24, 2.45) is 0 Å². The predicted molar refractivity (Wildman–Crippen MR) is 134 cm³/mol. The van der Waals surface area contributed by atoms with Crippen molar-refractivity contribution < 1.29 is 9.53 Å². The quantitative estimate of drug-likeness (QED) is 0.570. The number of urea groups is 1. The Morgan fingerprint density at radius 2 is 1.74 bits per heavy atom. The molecule has 1 saturated heterocycles. The highest BCUT2D eigenvalue weighted by Gasteiger charge is 2.29. The number of carbonyl (C=O) groups excluding carboxylic acids is 1. The number of fused-ring (bicyclic) bond motifs is 1. The Morgan fingerprint density at radius 3 is 2.38 bits per heavy atom. The molecule has 2 amide bonds. The number of anilines is 1. The molecule has 0 bridgehead atoms. The molecule has 1 fully saturated rings. The van der Waals surface area contributed by atoms with E-state index in [9.17, 15) is 9.59 Å². The van der Waals surface area contributed by atoms with E-state index in [1.807, 2.05) is 67.3 Å². The van der Waals surface area contributed by atoms with Gasteiger partial charge in [-0.1, -0.05) is 19.1 Å². The maximum Gasteiger partial charge on any atom is 0.321 e. The van der Waals surface area contributed by atoms with Crippen LogP contribution in [0, 0.1) is 0 Å². The van der Waals surface area contributed by atoms with E-state index in [0.29, 0.717) is 31.6 Å². The van der Waals surface area contributed by atoms with E-state index in [4.69, 9.17) is 9.72 Å². The van der Waals surface area contributed by atoms with Crippen LogP contribution >= 0.6 is 0 Å². The van der Waals surface area contributed by atoms with Crippen LogP contribution in [0.15, 0.2) is 53.3 Å². The first-order valence-electron chi connectivity index (χ1n) is 12.1. The number of rotatable bonds is 7. The van der Waals surface area contributed by atoms with Crippen molar-refractivity contribution in [3.63, 3.8) is 0 Å². The number of ether oxygens (including phenoxy) is 1.